The molecule has 0 radical (unpaired) electrons. The van der Waals surface area contributed by atoms with Crippen molar-refractivity contribution in [3.63, 3.8) is 0 Å². The molecule has 3 atom stereocenters. The summed E-state index contributed by atoms with van der Waals surface area (Å²) in [7, 11) is 0. The number of thioether (sulfide) groups is 2. The third-order valence-electron chi connectivity index (χ3n) is 3.33. The fraction of sp³-hybridized carbons (Fsp3) is 0.714. The van der Waals surface area contributed by atoms with Gasteiger partial charge in [0.2, 0.25) is 0 Å². The van der Waals surface area contributed by atoms with E-state index in [2.05, 4.69) is 59.5 Å². The Bertz CT molecular complexity index is 326. The van der Waals surface area contributed by atoms with Crippen molar-refractivity contribution < 1.29 is 0 Å². The lowest BCUT2D eigenvalue weighted by molar-refractivity contribution is 0.487. The minimum Gasteiger partial charge on any atom is -0.313 e. The van der Waals surface area contributed by atoms with E-state index in [0.29, 0.717) is 6.04 Å². The van der Waals surface area contributed by atoms with Gasteiger partial charge in [-0.3, -0.25) is 0 Å². The molecule has 1 saturated heterocycles. The Balaban J connectivity index is 1.98. The van der Waals surface area contributed by atoms with Crippen LogP contribution in [0.2, 0.25) is 0 Å². The van der Waals surface area contributed by atoms with Gasteiger partial charge in [0.1, 0.15) is 0 Å². The first-order valence-corrected chi connectivity index (χ1v) is 9.83. The molecule has 18 heavy (non-hydrogen) atoms. The highest BCUT2D eigenvalue weighted by atomic mass is 32.2. The highest BCUT2D eigenvalue weighted by Gasteiger charge is 2.30. The van der Waals surface area contributed by atoms with Crippen molar-refractivity contribution in [2.75, 3.05) is 18.1 Å². The molecule has 0 spiro atoms. The molecule has 1 aliphatic heterocycles. The molecule has 3 unspecified atom stereocenters. The Morgan fingerprint density at radius 2 is 2.22 bits per heavy atom. The lowest BCUT2D eigenvalue weighted by Crippen LogP contribution is -2.46. The van der Waals surface area contributed by atoms with Crippen molar-refractivity contribution >= 4 is 34.9 Å². The number of hydrogen-bond acceptors (Lipinski definition) is 4. The summed E-state index contributed by atoms with van der Waals surface area (Å²) in [5.74, 6) is 2.63. The third-order valence-corrected chi connectivity index (χ3v) is 7.31. The maximum absolute atomic E-state index is 3.78. The smallest absolute Gasteiger partial charge is 0.0320 e. The van der Waals surface area contributed by atoms with Crippen molar-refractivity contribution in [2.45, 2.75) is 43.2 Å². The average Bonchev–Trinajstić information content (AvgIpc) is 2.88. The largest absolute Gasteiger partial charge is 0.313 e. The molecule has 0 amide bonds. The molecule has 0 saturated carbocycles. The Kier molecular flexibility index (Phi) is 6.42. The minimum atomic E-state index is 0.632. The SMILES string of the molecule is CCCNC(Cc1ccsc1)C1SCCSC1C. The van der Waals surface area contributed by atoms with E-state index in [1.807, 2.05) is 11.3 Å². The van der Waals surface area contributed by atoms with Gasteiger partial charge < -0.3 is 5.32 Å². The van der Waals surface area contributed by atoms with Gasteiger partial charge in [0.15, 0.2) is 0 Å². The molecule has 1 nitrogen and oxygen atoms in total. The predicted octanol–water partition coefficient (Wildman–Crippen LogP) is 3.90. The summed E-state index contributed by atoms with van der Waals surface area (Å²) in [5.41, 5.74) is 1.50. The number of rotatable bonds is 6. The summed E-state index contributed by atoms with van der Waals surface area (Å²) >= 11 is 6.13. The van der Waals surface area contributed by atoms with Crippen LogP contribution >= 0.6 is 34.9 Å². The zero-order chi connectivity index (χ0) is 12.8. The van der Waals surface area contributed by atoms with Crippen LogP contribution in [0.15, 0.2) is 16.8 Å². The van der Waals surface area contributed by atoms with E-state index < -0.39 is 0 Å². The summed E-state index contributed by atoms with van der Waals surface area (Å²) in [4.78, 5) is 0. The van der Waals surface area contributed by atoms with Crippen molar-refractivity contribution in [1.29, 1.82) is 0 Å². The zero-order valence-electron chi connectivity index (χ0n) is 11.2. The lowest BCUT2D eigenvalue weighted by Gasteiger charge is -2.35. The second kappa shape index (κ2) is 7.83. The molecule has 1 aliphatic rings. The average molecular weight is 302 g/mol. The summed E-state index contributed by atoms with van der Waals surface area (Å²) in [5, 5.41) is 9.80. The molecule has 1 aromatic heterocycles. The van der Waals surface area contributed by atoms with Crippen molar-refractivity contribution in [3.8, 4) is 0 Å². The van der Waals surface area contributed by atoms with Gasteiger partial charge in [0.25, 0.3) is 0 Å². The first kappa shape index (κ1) is 14.8. The Morgan fingerprint density at radius 1 is 1.39 bits per heavy atom. The van der Waals surface area contributed by atoms with Gasteiger partial charge in [-0.25, -0.2) is 0 Å². The summed E-state index contributed by atoms with van der Waals surface area (Å²) in [6.07, 6.45) is 2.41. The standard InChI is InChI=1S/C14H23NS3/c1-3-5-15-13(9-12-4-6-16-10-12)14-11(2)17-7-8-18-14/h4,6,10-11,13-15H,3,5,7-9H2,1-2H3. The minimum absolute atomic E-state index is 0.632. The molecule has 2 heterocycles. The van der Waals surface area contributed by atoms with Crippen LogP contribution in [-0.2, 0) is 6.42 Å². The van der Waals surface area contributed by atoms with Crippen molar-refractivity contribution in [1.82, 2.24) is 5.32 Å². The van der Waals surface area contributed by atoms with Crippen LogP contribution in [0, 0.1) is 0 Å². The molecule has 1 aromatic rings. The predicted molar refractivity (Wildman–Crippen MR) is 88.3 cm³/mol. The Labute approximate surface area is 124 Å². The van der Waals surface area contributed by atoms with E-state index in [1.165, 1.54) is 29.9 Å². The molecular weight excluding hydrogens is 278 g/mol. The molecule has 0 bridgehead atoms. The summed E-state index contributed by atoms with van der Waals surface area (Å²) < 4.78 is 0. The lowest BCUT2D eigenvalue weighted by atomic mass is 10.0. The number of nitrogens with one attached hydrogen (secondary N) is 1. The van der Waals surface area contributed by atoms with E-state index >= 15 is 0 Å². The molecular formula is C14H23NS3. The van der Waals surface area contributed by atoms with E-state index in [4.69, 9.17) is 0 Å². The molecule has 1 fully saturated rings. The van der Waals surface area contributed by atoms with E-state index in [0.717, 1.165) is 17.0 Å². The van der Waals surface area contributed by atoms with Crippen LogP contribution in [0.1, 0.15) is 25.8 Å². The fourth-order valence-corrected chi connectivity index (χ4v) is 6.03. The van der Waals surface area contributed by atoms with Gasteiger partial charge in [-0.2, -0.15) is 34.9 Å². The Hall–Kier alpha value is 0.360. The third kappa shape index (κ3) is 4.19. The van der Waals surface area contributed by atoms with Crippen LogP contribution in [0.3, 0.4) is 0 Å². The maximum atomic E-state index is 3.78. The quantitative estimate of drug-likeness (QED) is 0.856. The van der Waals surface area contributed by atoms with Gasteiger partial charge >= 0.3 is 0 Å². The number of hydrogen-bond donors (Lipinski definition) is 1. The van der Waals surface area contributed by atoms with Gasteiger partial charge in [-0.05, 0) is 41.8 Å². The highest BCUT2D eigenvalue weighted by molar-refractivity contribution is 8.07. The molecule has 1 N–H and O–H groups in total. The van der Waals surface area contributed by atoms with Crippen LogP contribution in [0.5, 0.6) is 0 Å². The first-order valence-electron chi connectivity index (χ1n) is 6.79. The van der Waals surface area contributed by atoms with Crippen molar-refractivity contribution in [2.24, 2.45) is 0 Å². The van der Waals surface area contributed by atoms with Gasteiger partial charge in [-0.15, -0.1) is 0 Å². The number of thiophene rings is 1. The molecule has 0 aliphatic carbocycles. The van der Waals surface area contributed by atoms with E-state index in [-0.39, 0.29) is 0 Å². The van der Waals surface area contributed by atoms with Gasteiger partial charge in [0, 0.05) is 28.0 Å². The van der Waals surface area contributed by atoms with Crippen LogP contribution < -0.4 is 5.32 Å². The molecule has 4 heteroatoms. The second-order valence-corrected chi connectivity index (χ2v) is 8.36. The maximum Gasteiger partial charge on any atom is 0.0320 e. The molecule has 0 aromatic carbocycles. The fourth-order valence-electron chi connectivity index (χ4n) is 2.39. The monoisotopic (exact) mass is 301 g/mol. The normalized spacial score (nSPS) is 26.1. The molecule has 2 rings (SSSR count). The topological polar surface area (TPSA) is 12.0 Å². The van der Waals surface area contributed by atoms with Gasteiger partial charge in [-0.1, -0.05) is 13.8 Å². The van der Waals surface area contributed by atoms with Gasteiger partial charge in [0.05, 0.1) is 0 Å². The second-order valence-electron chi connectivity index (χ2n) is 4.81. The molecule has 102 valence electrons. The first-order chi connectivity index (χ1) is 8.81. The van der Waals surface area contributed by atoms with Crippen LogP contribution in [0.4, 0.5) is 0 Å². The Morgan fingerprint density at radius 3 is 2.89 bits per heavy atom. The van der Waals surface area contributed by atoms with Crippen LogP contribution in [0.25, 0.3) is 0 Å². The highest BCUT2D eigenvalue weighted by Crippen LogP contribution is 2.34. The summed E-state index contributed by atoms with van der Waals surface area (Å²) in [6, 6.07) is 2.91. The van der Waals surface area contributed by atoms with Crippen LogP contribution in [-0.4, -0.2) is 34.6 Å². The summed E-state index contributed by atoms with van der Waals surface area (Å²) in [6.45, 7) is 5.79. The zero-order valence-corrected chi connectivity index (χ0v) is 13.7. The van der Waals surface area contributed by atoms with Crippen molar-refractivity contribution in [3.05, 3.63) is 22.4 Å². The van der Waals surface area contributed by atoms with E-state index in [9.17, 15) is 0 Å². The van der Waals surface area contributed by atoms with E-state index in [1.54, 1.807) is 0 Å².